The zero-order valence-corrected chi connectivity index (χ0v) is 13.4. The predicted molar refractivity (Wildman–Crippen MR) is 85.9 cm³/mol. The maximum atomic E-state index is 13.8. The SMILES string of the molecule is Cn1ncnc1C1(O)CCN(c2nc3cccc(F)c3s2)CC1. The summed E-state index contributed by atoms with van der Waals surface area (Å²) in [5, 5.41) is 15.7. The maximum Gasteiger partial charge on any atom is 0.186 e. The summed E-state index contributed by atoms with van der Waals surface area (Å²) < 4.78 is 16.0. The van der Waals surface area contributed by atoms with Crippen LogP contribution in [0.4, 0.5) is 9.52 Å². The van der Waals surface area contributed by atoms with E-state index in [2.05, 4.69) is 20.0 Å². The molecule has 1 saturated heterocycles. The Labute approximate surface area is 136 Å². The lowest BCUT2D eigenvalue weighted by Crippen LogP contribution is -2.44. The Hall–Kier alpha value is -2.06. The van der Waals surface area contributed by atoms with Crippen LogP contribution in [0.25, 0.3) is 10.2 Å². The van der Waals surface area contributed by atoms with Gasteiger partial charge in [-0.3, -0.25) is 4.68 Å². The summed E-state index contributed by atoms with van der Waals surface area (Å²) in [5.74, 6) is 0.353. The molecule has 3 aromatic rings. The van der Waals surface area contributed by atoms with E-state index in [0.717, 1.165) is 5.13 Å². The molecule has 1 N–H and O–H groups in total. The molecule has 1 aliphatic heterocycles. The molecule has 2 aromatic heterocycles. The van der Waals surface area contributed by atoms with Gasteiger partial charge in [0.05, 0.1) is 10.2 Å². The second-order valence-electron chi connectivity index (χ2n) is 5.81. The second-order valence-corrected chi connectivity index (χ2v) is 6.79. The molecule has 1 aromatic carbocycles. The van der Waals surface area contributed by atoms with E-state index in [1.807, 2.05) is 6.07 Å². The summed E-state index contributed by atoms with van der Waals surface area (Å²) in [4.78, 5) is 10.8. The number of halogens is 1. The zero-order chi connectivity index (χ0) is 16.0. The van der Waals surface area contributed by atoms with Crippen molar-refractivity contribution < 1.29 is 9.50 Å². The van der Waals surface area contributed by atoms with E-state index in [1.54, 1.807) is 17.8 Å². The summed E-state index contributed by atoms with van der Waals surface area (Å²) in [6, 6.07) is 4.94. The average molecular weight is 333 g/mol. The minimum atomic E-state index is -0.969. The monoisotopic (exact) mass is 333 g/mol. The van der Waals surface area contributed by atoms with Crippen LogP contribution in [0, 0.1) is 5.82 Å². The third kappa shape index (κ3) is 2.38. The molecule has 0 saturated carbocycles. The molecule has 3 heterocycles. The molecule has 1 fully saturated rings. The molecule has 8 heteroatoms. The van der Waals surface area contributed by atoms with Crippen LogP contribution in [0.15, 0.2) is 24.5 Å². The van der Waals surface area contributed by atoms with Gasteiger partial charge >= 0.3 is 0 Å². The standard InChI is InChI=1S/C15H16FN5OS/c1-20-13(17-9-18-20)15(22)5-7-21(8-6-15)14-19-11-4-2-3-10(16)12(11)23-14/h2-4,9,22H,5-8H2,1H3. The van der Waals surface area contributed by atoms with Crippen LogP contribution < -0.4 is 4.90 Å². The van der Waals surface area contributed by atoms with Crippen LogP contribution in [0.1, 0.15) is 18.7 Å². The molecule has 0 atom stereocenters. The van der Waals surface area contributed by atoms with Crippen molar-refractivity contribution >= 4 is 26.7 Å². The van der Waals surface area contributed by atoms with Gasteiger partial charge in [0.2, 0.25) is 0 Å². The average Bonchev–Trinajstić information content (AvgIpc) is 3.15. The van der Waals surface area contributed by atoms with Gasteiger partial charge < -0.3 is 10.0 Å². The smallest absolute Gasteiger partial charge is 0.186 e. The first-order chi connectivity index (χ1) is 11.1. The lowest BCUT2D eigenvalue weighted by Gasteiger charge is -2.37. The molecule has 23 heavy (non-hydrogen) atoms. The van der Waals surface area contributed by atoms with E-state index < -0.39 is 5.60 Å². The Morgan fingerprint density at radius 2 is 2.09 bits per heavy atom. The normalized spacial score (nSPS) is 17.8. The van der Waals surface area contributed by atoms with Crippen molar-refractivity contribution in [2.24, 2.45) is 7.05 Å². The Morgan fingerprint density at radius 1 is 1.30 bits per heavy atom. The number of thiazole rings is 1. The lowest BCUT2D eigenvalue weighted by atomic mass is 9.91. The number of rotatable bonds is 2. The first-order valence-corrected chi connectivity index (χ1v) is 8.25. The topological polar surface area (TPSA) is 67.1 Å². The molecule has 0 radical (unpaired) electrons. The largest absolute Gasteiger partial charge is 0.382 e. The second kappa shape index (κ2) is 5.24. The van der Waals surface area contributed by atoms with Crippen molar-refractivity contribution in [2.75, 3.05) is 18.0 Å². The Kier molecular flexibility index (Phi) is 3.31. The molecule has 0 spiro atoms. The molecular weight excluding hydrogens is 317 g/mol. The van der Waals surface area contributed by atoms with Crippen molar-refractivity contribution in [3.05, 3.63) is 36.2 Å². The molecule has 120 valence electrons. The zero-order valence-electron chi connectivity index (χ0n) is 12.6. The number of benzene rings is 1. The summed E-state index contributed by atoms with van der Waals surface area (Å²) in [7, 11) is 1.78. The van der Waals surface area contributed by atoms with Gasteiger partial charge in [0.15, 0.2) is 11.0 Å². The highest BCUT2D eigenvalue weighted by atomic mass is 32.1. The minimum absolute atomic E-state index is 0.237. The fraction of sp³-hybridized carbons (Fsp3) is 0.400. The third-order valence-electron chi connectivity index (χ3n) is 4.34. The van der Waals surface area contributed by atoms with Crippen LogP contribution in [-0.4, -0.2) is 37.9 Å². The Bertz CT molecular complexity index is 853. The van der Waals surface area contributed by atoms with Crippen molar-refractivity contribution in [2.45, 2.75) is 18.4 Å². The molecule has 0 unspecified atom stereocenters. The molecular formula is C15H16FN5OS. The van der Waals surface area contributed by atoms with E-state index in [1.165, 1.54) is 23.7 Å². The number of nitrogens with zero attached hydrogens (tertiary/aromatic N) is 5. The fourth-order valence-electron chi connectivity index (χ4n) is 3.05. The first-order valence-electron chi connectivity index (χ1n) is 7.44. The highest BCUT2D eigenvalue weighted by Crippen LogP contribution is 2.36. The third-order valence-corrected chi connectivity index (χ3v) is 5.48. The molecule has 4 rings (SSSR count). The van der Waals surface area contributed by atoms with Gasteiger partial charge in [-0.2, -0.15) is 5.10 Å². The van der Waals surface area contributed by atoms with Gasteiger partial charge in [-0.15, -0.1) is 0 Å². The van der Waals surface area contributed by atoms with Crippen LogP contribution in [0.2, 0.25) is 0 Å². The first kappa shape index (κ1) is 14.5. The van der Waals surface area contributed by atoms with Crippen LogP contribution >= 0.6 is 11.3 Å². The minimum Gasteiger partial charge on any atom is -0.382 e. The van der Waals surface area contributed by atoms with Gasteiger partial charge in [-0.05, 0) is 12.1 Å². The van der Waals surface area contributed by atoms with Gasteiger partial charge in [0.25, 0.3) is 0 Å². The van der Waals surface area contributed by atoms with E-state index in [9.17, 15) is 9.50 Å². The van der Waals surface area contributed by atoms with Crippen molar-refractivity contribution in [1.29, 1.82) is 0 Å². The number of anilines is 1. The number of piperidine rings is 1. The Balaban J connectivity index is 1.57. The van der Waals surface area contributed by atoms with Crippen molar-refractivity contribution in [1.82, 2.24) is 19.7 Å². The van der Waals surface area contributed by atoms with Crippen molar-refractivity contribution in [3.8, 4) is 0 Å². The van der Waals surface area contributed by atoms with E-state index in [-0.39, 0.29) is 5.82 Å². The highest BCUT2D eigenvalue weighted by molar-refractivity contribution is 7.22. The molecule has 0 aliphatic carbocycles. The van der Waals surface area contributed by atoms with Crippen LogP contribution in [-0.2, 0) is 12.6 Å². The highest BCUT2D eigenvalue weighted by Gasteiger charge is 2.38. The molecule has 1 aliphatic rings. The molecule has 6 nitrogen and oxygen atoms in total. The summed E-state index contributed by atoms with van der Waals surface area (Å²) in [5.41, 5.74) is -0.289. The number of hydrogen-bond acceptors (Lipinski definition) is 6. The lowest BCUT2D eigenvalue weighted by molar-refractivity contribution is -0.0000625. The maximum absolute atomic E-state index is 13.8. The van der Waals surface area contributed by atoms with Crippen molar-refractivity contribution in [3.63, 3.8) is 0 Å². The van der Waals surface area contributed by atoms with E-state index in [4.69, 9.17) is 0 Å². The number of aryl methyl sites for hydroxylation is 1. The molecule has 0 amide bonds. The fourth-order valence-corrected chi connectivity index (χ4v) is 4.07. The van der Waals surface area contributed by atoms with E-state index >= 15 is 0 Å². The summed E-state index contributed by atoms with van der Waals surface area (Å²) >= 11 is 1.36. The number of fused-ring (bicyclic) bond motifs is 1. The quantitative estimate of drug-likeness (QED) is 0.777. The van der Waals surface area contributed by atoms with Gasteiger partial charge in [0.1, 0.15) is 17.7 Å². The van der Waals surface area contributed by atoms with Crippen LogP contribution in [0.5, 0.6) is 0 Å². The van der Waals surface area contributed by atoms with Gasteiger partial charge in [0, 0.05) is 33.0 Å². The van der Waals surface area contributed by atoms with Gasteiger partial charge in [-0.25, -0.2) is 14.4 Å². The number of aromatic nitrogens is 4. The summed E-state index contributed by atoms with van der Waals surface area (Å²) in [6.45, 7) is 1.29. The summed E-state index contributed by atoms with van der Waals surface area (Å²) in [6.07, 6.45) is 2.53. The van der Waals surface area contributed by atoms with Gasteiger partial charge in [-0.1, -0.05) is 17.4 Å². The predicted octanol–water partition coefficient (Wildman–Crippen LogP) is 2.05. The van der Waals surface area contributed by atoms with Crippen LogP contribution in [0.3, 0.4) is 0 Å². The molecule has 0 bridgehead atoms. The number of hydrogen-bond donors (Lipinski definition) is 1. The Morgan fingerprint density at radius 3 is 2.74 bits per heavy atom. The van der Waals surface area contributed by atoms with E-state index in [0.29, 0.717) is 42.0 Å². The number of aliphatic hydroxyl groups is 1.